The van der Waals surface area contributed by atoms with Crippen molar-refractivity contribution in [3.63, 3.8) is 0 Å². The summed E-state index contributed by atoms with van der Waals surface area (Å²) >= 11 is 0. The third-order valence-electron chi connectivity index (χ3n) is 2.46. The number of hydrogen-bond acceptors (Lipinski definition) is 4. The summed E-state index contributed by atoms with van der Waals surface area (Å²) < 4.78 is 49.0. The monoisotopic (exact) mass is 276 g/mol. The summed E-state index contributed by atoms with van der Waals surface area (Å²) in [5.74, 6) is -4.93. The summed E-state index contributed by atoms with van der Waals surface area (Å²) in [6, 6.07) is 1.71. The lowest BCUT2D eigenvalue weighted by molar-refractivity contribution is -0.146. The molecule has 1 aliphatic heterocycles. The molecule has 1 amide bonds. The highest BCUT2D eigenvalue weighted by atomic mass is 19.2. The molecule has 8 heteroatoms. The van der Waals surface area contributed by atoms with Crippen LogP contribution >= 0.6 is 0 Å². The van der Waals surface area contributed by atoms with Gasteiger partial charge in [0.05, 0.1) is 25.5 Å². The number of rotatable bonds is 3. The average molecular weight is 276 g/mol. The van der Waals surface area contributed by atoms with E-state index in [-0.39, 0.29) is 18.9 Å². The van der Waals surface area contributed by atoms with Gasteiger partial charge in [-0.1, -0.05) is 0 Å². The number of ether oxygens (including phenoxy) is 2. The molecule has 0 aromatic heterocycles. The normalized spacial score (nSPS) is 19.0. The molecule has 1 aromatic carbocycles. The molecule has 2 N–H and O–H groups in total. The van der Waals surface area contributed by atoms with Crippen molar-refractivity contribution >= 4 is 11.6 Å². The number of benzene rings is 1. The van der Waals surface area contributed by atoms with Crippen LogP contribution in [0, 0.1) is 17.5 Å². The molecule has 0 bridgehead atoms. The predicted octanol–water partition coefficient (Wildman–Crippen LogP) is 0.962. The van der Waals surface area contributed by atoms with E-state index in [2.05, 4.69) is 10.9 Å². The van der Waals surface area contributed by atoms with Crippen LogP contribution in [0.1, 0.15) is 0 Å². The second-order valence-corrected chi connectivity index (χ2v) is 3.77. The molecule has 104 valence electrons. The van der Waals surface area contributed by atoms with Gasteiger partial charge in [-0.25, -0.2) is 13.2 Å². The second kappa shape index (κ2) is 5.89. The molecule has 0 radical (unpaired) electrons. The zero-order valence-corrected chi connectivity index (χ0v) is 9.71. The maximum absolute atomic E-state index is 13.3. The van der Waals surface area contributed by atoms with Crippen molar-refractivity contribution in [1.82, 2.24) is 5.43 Å². The molecule has 2 rings (SSSR count). The fraction of sp³-hybridized carbons (Fsp3) is 0.364. The van der Waals surface area contributed by atoms with Gasteiger partial charge in [0.25, 0.3) is 5.91 Å². The van der Waals surface area contributed by atoms with E-state index >= 15 is 0 Å². The fourth-order valence-electron chi connectivity index (χ4n) is 1.47. The highest BCUT2D eigenvalue weighted by Gasteiger charge is 2.23. The molecule has 1 atom stereocenters. The van der Waals surface area contributed by atoms with Gasteiger partial charge in [0.15, 0.2) is 23.6 Å². The summed E-state index contributed by atoms with van der Waals surface area (Å²) in [6.07, 6.45) is -0.824. The van der Waals surface area contributed by atoms with Crippen molar-refractivity contribution in [2.75, 3.05) is 25.2 Å². The molecule has 1 aliphatic rings. The zero-order chi connectivity index (χ0) is 13.8. The third kappa shape index (κ3) is 3.15. The van der Waals surface area contributed by atoms with Crippen molar-refractivity contribution in [2.45, 2.75) is 6.10 Å². The third-order valence-corrected chi connectivity index (χ3v) is 2.46. The van der Waals surface area contributed by atoms with Gasteiger partial charge in [-0.3, -0.25) is 15.6 Å². The van der Waals surface area contributed by atoms with Gasteiger partial charge in [0.1, 0.15) is 0 Å². The molecule has 0 unspecified atom stereocenters. The Morgan fingerprint density at radius 2 is 2.00 bits per heavy atom. The largest absolute Gasteiger partial charge is 0.376 e. The summed E-state index contributed by atoms with van der Waals surface area (Å²) in [7, 11) is 0. The molecule has 1 saturated heterocycles. The molecule has 0 saturated carbocycles. The Morgan fingerprint density at radius 3 is 2.68 bits per heavy atom. The Balaban J connectivity index is 1.95. The number of halogens is 3. The van der Waals surface area contributed by atoms with Crippen LogP contribution in [0.3, 0.4) is 0 Å². The minimum absolute atomic E-state index is 0.0772. The van der Waals surface area contributed by atoms with Gasteiger partial charge in [-0.05, 0) is 12.1 Å². The fourth-order valence-corrected chi connectivity index (χ4v) is 1.47. The summed E-state index contributed by atoms with van der Waals surface area (Å²) in [4.78, 5) is 11.6. The Bertz CT molecular complexity index is 478. The minimum Gasteiger partial charge on any atom is -0.376 e. The van der Waals surface area contributed by atoms with E-state index in [1.807, 2.05) is 0 Å². The lowest BCUT2D eigenvalue weighted by Gasteiger charge is -2.22. The molecule has 19 heavy (non-hydrogen) atoms. The van der Waals surface area contributed by atoms with Crippen molar-refractivity contribution in [3.8, 4) is 0 Å². The van der Waals surface area contributed by atoms with Gasteiger partial charge in [-0.2, -0.15) is 0 Å². The van der Waals surface area contributed by atoms with Crippen LogP contribution in [-0.2, 0) is 14.3 Å². The van der Waals surface area contributed by atoms with Gasteiger partial charge in [-0.15, -0.1) is 0 Å². The first kappa shape index (κ1) is 13.6. The number of carbonyl (C=O) groups is 1. The van der Waals surface area contributed by atoms with E-state index in [1.165, 1.54) is 0 Å². The van der Waals surface area contributed by atoms with Crippen LogP contribution < -0.4 is 10.9 Å². The Labute approximate surface area is 106 Å². The first-order chi connectivity index (χ1) is 9.09. The number of anilines is 1. The van der Waals surface area contributed by atoms with Gasteiger partial charge in [0.2, 0.25) is 0 Å². The van der Waals surface area contributed by atoms with Crippen LogP contribution in [0.5, 0.6) is 0 Å². The molecule has 0 aliphatic carbocycles. The van der Waals surface area contributed by atoms with Crippen LogP contribution in [0.2, 0.25) is 0 Å². The molecule has 1 heterocycles. The topological polar surface area (TPSA) is 59.6 Å². The summed E-state index contributed by atoms with van der Waals surface area (Å²) in [6.45, 7) is 0.750. The van der Waals surface area contributed by atoms with E-state index in [0.29, 0.717) is 6.61 Å². The smallest absolute Gasteiger partial charge is 0.269 e. The van der Waals surface area contributed by atoms with Crippen molar-refractivity contribution < 1.29 is 27.4 Å². The molecule has 0 spiro atoms. The van der Waals surface area contributed by atoms with Crippen LogP contribution in [0.4, 0.5) is 18.9 Å². The Hall–Kier alpha value is -1.80. The summed E-state index contributed by atoms with van der Waals surface area (Å²) in [5, 5.41) is 0. The standard InChI is InChI=1S/C11H11F3N2O3/c12-6-1-2-7(10(14)9(6)13)15-16-11(17)8-5-18-3-4-19-8/h1-2,8,15H,3-5H2,(H,16,17)/t8-/m0/s1. The lowest BCUT2D eigenvalue weighted by atomic mass is 10.3. The summed E-state index contributed by atoms with van der Waals surface area (Å²) in [5.41, 5.74) is 3.91. The van der Waals surface area contributed by atoms with Gasteiger partial charge >= 0.3 is 0 Å². The maximum atomic E-state index is 13.3. The first-order valence-corrected chi connectivity index (χ1v) is 5.48. The van der Waals surface area contributed by atoms with E-state index in [1.54, 1.807) is 0 Å². The van der Waals surface area contributed by atoms with Crippen molar-refractivity contribution in [1.29, 1.82) is 0 Å². The quantitative estimate of drug-likeness (QED) is 0.638. The number of amides is 1. The van der Waals surface area contributed by atoms with Crippen molar-refractivity contribution in [3.05, 3.63) is 29.6 Å². The zero-order valence-electron chi connectivity index (χ0n) is 9.71. The average Bonchev–Trinajstić information content (AvgIpc) is 2.45. The van der Waals surface area contributed by atoms with Crippen LogP contribution in [0.25, 0.3) is 0 Å². The molecular formula is C11H11F3N2O3. The van der Waals surface area contributed by atoms with Gasteiger partial charge in [0, 0.05) is 0 Å². The molecular weight excluding hydrogens is 265 g/mol. The number of nitrogens with one attached hydrogen (secondary N) is 2. The highest BCUT2D eigenvalue weighted by molar-refractivity contribution is 5.82. The first-order valence-electron chi connectivity index (χ1n) is 5.48. The highest BCUT2D eigenvalue weighted by Crippen LogP contribution is 2.18. The van der Waals surface area contributed by atoms with E-state index in [0.717, 1.165) is 12.1 Å². The van der Waals surface area contributed by atoms with E-state index in [4.69, 9.17) is 9.47 Å². The second-order valence-electron chi connectivity index (χ2n) is 3.77. The van der Waals surface area contributed by atoms with E-state index in [9.17, 15) is 18.0 Å². The lowest BCUT2D eigenvalue weighted by Crippen LogP contribution is -2.45. The van der Waals surface area contributed by atoms with Crippen LogP contribution in [-0.4, -0.2) is 31.8 Å². The van der Waals surface area contributed by atoms with Crippen LogP contribution in [0.15, 0.2) is 12.1 Å². The Kier molecular flexibility index (Phi) is 4.23. The predicted molar refractivity (Wildman–Crippen MR) is 58.6 cm³/mol. The minimum atomic E-state index is -1.61. The Morgan fingerprint density at radius 1 is 1.21 bits per heavy atom. The molecule has 5 nitrogen and oxygen atoms in total. The SMILES string of the molecule is O=C(NNc1ccc(F)c(F)c1F)[C@@H]1COCCO1. The van der Waals surface area contributed by atoms with E-state index < -0.39 is 29.5 Å². The van der Waals surface area contributed by atoms with Gasteiger partial charge < -0.3 is 9.47 Å². The number of hydrogen-bond donors (Lipinski definition) is 2. The maximum Gasteiger partial charge on any atom is 0.269 e. The number of carbonyl (C=O) groups excluding carboxylic acids is 1. The molecule has 1 aromatic rings. The molecule has 1 fully saturated rings. The number of hydrazine groups is 1. The van der Waals surface area contributed by atoms with Crippen molar-refractivity contribution in [2.24, 2.45) is 0 Å².